The van der Waals surface area contributed by atoms with Crippen LogP contribution < -0.4 is 5.73 Å². The zero-order valence-corrected chi connectivity index (χ0v) is 34.4. The summed E-state index contributed by atoms with van der Waals surface area (Å²) in [5.74, 6) is -1.80. The molecule has 0 aliphatic carbocycles. The number of carboxylic acids is 1. The third-order valence-corrected chi connectivity index (χ3v) is 9.20. The molecule has 0 radical (unpaired) electrons. The Morgan fingerprint density at radius 1 is 0.611 bits per heavy atom. The highest BCUT2D eigenvalue weighted by atomic mass is 31.2. The normalized spacial score (nSPS) is 14.7. The number of unbranched alkanes of at least 4 members (excludes halogenated alkanes) is 12. The Balaban J connectivity index is 4.30. The Morgan fingerprint density at radius 3 is 1.59 bits per heavy atom. The van der Waals surface area contributed by atoms with Crippen LogP contribution in [0.15, 0.2) is 72.9 Å². The summed E-state index contributed by atoms with van der Waals surface area (Å²) in [5, 5.41) is 8.87. The van der Waals surface area contributed by atoms with E-state index in [0.717, 1.165) is 83.5 Å². The van der Waals surface area contributed by atoms with Crippen molar-refractivity contribution in [2.75, 3.05) is 26.4 Å². The molecule has 0 aliphatic heterocycles. The molecule has 3 atom stereocenters. The second kappa shape index (κ2) is 38.7. The second-order valence-electron chi connectivity index (χ2n) is 13.4. The van der Waals surface area contributed by atoms with Gasteiger partial charge in [-0.3, -0.25) is 18.6 Å². The van der Waals surface area contributed by atoms with Crippen LogP contribution in [0.1, 0.15) is 149 Å². The first-order valence-electron chi connectivity index (χ1n) is 20.5. The molecule has 0 saturated heterocycles. The van der Waals surface area contributed by atoms with Crippen molar-refractivity contribution >= 4 is 19.8 Å². The maximum absolute atomic E-state index is 12.5. The first-order chi connectivity index (χ1) is 26.2. The van der Waals surface area contributed by atoms with E-state index in [1.165, 1.54) is 38.5 Å². The van der Waals surface area contributed by atoms with Crippen LogP contribution in [0.2, 0.25) is 0 Å². The number of phosphoric acid groups is 1. The van der Waals surface area contributed by atoms with Crippen LogP contribution in [-0.4, -0.2) is 60.5 Å². The zero-order valence-electron chi connectivity index (χ0n) is 33.5. The summed E-state index contributed by atoms with van der Waals surface area (Å²) in [7, 11) is -4.62. The molecule has 54 heavy (non-hydrogen) atoms. The highest BCUT2D eigenvalue weighted by Crippen LogP contribution is 2.43. The number of hydrogen-bond donors (Lipinski definition) is 3. The summed E-state index contributed by atoms with van der Waals surface area (Å²) in [4.78, 5) is 33.4. The van der Waals surface area contributed by atoms with Gasteiger partial charge in [0.2, 0.25) is 0 Å². The number of esters is 1. The van der Waals surface area contributed by atoms with Gasteiger partial charge in [0, 0.05) is 13.0 Å². The molecule has 0 spiro atoms. The Morgan fingerprint density at radius 2 is 1.07 bits per heavy atom. The van der Waals surface area contributed by atoms with E-state index in [1.807, 2.05) is 0 Å². The Kier molecular flexibility index (Phi) is 36.8. The highest BCUT2D eigenvalue weighted by molar-refractivity contribution is 7.47. The molecule has 0 aromatic carbocycles. The van der Waals surface area contributed by atoms with Crippen molar-refractivity contribution in [3.05, 3.63) is 72.9 Å². The Labute approximate surface area is 327 Å². The molecule has 310 valence electrons. The predicted molar refractivity (Wildman–Crippen MR) is 221 cm³/mol. The van der Waals surface area contributed by atoms with Crippen LogP contribution in [-0.2, 0) is 32.7 Å². The van der Waals surface area contributed by atoms with Gasteiger partial charge in [0.05, 0.1) is 19.8 Å². The molecular weight excluding hydrogens is 705 g/mol. The van der Waals surface area contributed by atoms with Gasteiger partial charge >= 0.3 is 19.8 Å². The summed E-state index contributed by atoms with van der Waals surface area (Å²) in [6.07, 6.45) is 46.8. The fourth-order valence-electron chi connectivity index (χ4n) is 5.08. The van der Waals surface area contributed by atoms with Crippen molar-refractivity contribution < 1.29 is 42.7 Å². The summed E-state index contributed by atoms with van der Waals surface area (Å²) in [6, 6.07) is -1.48. The third-order valence-electron chi connectivity index (χ3n) is 8.25. The molecule has 0 heterocycles. The average Bonchev–Trinajstić information content (AvgIpc) is 3.15. The molecule has 0 fully saturated rings. The first kappa shape index (κ1) is 51.4. The largest absolute Gasteiger partial charge is 0.480 e. The molecule has 4 N–H and O–H groups in total. The smallest absolute Gasteiger partial charge is 0.472 e. The number of rotatable bonds is 38. The molecule has 0 aromatic rings. The molecule has 0 bridgehead atoms. The van der Waals surface area contributed by atoms with Gasteiger partial charge < -0.3 is 25.2 Å². The fraction of sp³-hybridized carbons (Fsp3) is 0.674. The van der Waals surface area contributed by atoms with E-state index in [9.17, 15) is 19.0 Å². The van der Waals surface area contributed by atoms with E-state index in [2.05, 4.69) is 91.3 Å². The minimum atomic E-state index is -4.62. The number of ether oxygens (including phenoxy) is 2. The van der Waals surface area contributed by atoms with Crippen LogP contribution in [0.25, 0.3) is 0 Å². The summed E-state index contributed by atoms with van der Waals surface area (Å²) < 4.78 is 33.2. The first-order valence-corrected chi connectivity index (χ1v) is 22.0. The number of nitrogens with two attached hydrogens (primary N) is 1. The number of carboxylic acid groups (broad SMARTS) is 1. The van der Waals surface area contributed by atoms with Crippen molar-refractivity contribution in [3.8, 4) is 0 Å². The van der Waals surface area contributed by atoms with Gasteiger partial charge in [0.15, 0.2) is 0 Å². The lowest BCUT2D eigenvalue weighted by molar-refractivity contribution is -0.154. The number of hydrogen-bond acceptors (Lipinski definition) is 8. The van der Waals surface area contributed by atoms with E-state index in [1.54, 1.807) is 0 Å². The lowest BCUT2D eigenvalue weighted by Crippen LogP contribution is -2.34. The van der Waals surface area contributed by atoms with Gasteiger partial charge in [-0.25, -0.2) is 4.57 Å². The number of carbonyl (C=O) groups is 2. The van der Waals surface area contributed by atoms with Crippen LogP contribution >= 0.6 is 7.82 Å². The van der Waals surface area contributed by atoms with E-state index < -0.39 is 45.1 Å². The molecule has 3 unspecified atom stereocenters. The monoisotopic (exact) mass is 780 g/mol. The van der Waals surface area contributed by atoms with Crippen molar-refractivity contribution in [1.82, 2.24) is 0 Å². The summed E-state index contributed by atoms with van der Waals surface area (Å²) >= 11 is 0. The number of allylic oxidation sites excluding steroid dienone is 12. The maximum atomic E-state index is 12.5. The molecule has 0 aliphatic rings. The van der Waals surface area contributed by atoms with Gasteiger partial charge in [0.25, 0.3) is 0 Å². The number of phosphoric ester groups is 1. The van der Waals surface area contributed by atoms with E-state index in [4.69, 9.17) is 24.8 Å². The van der Waals surface area contributed by atoms with Crippen molar-refractivity contribution in [1.29, 1.82) is 0 Å². The van der Waals surface area contributed by atoms with Crippen LogP contribution in [0.3, 0.4) is 0 Å². The molecule has 0 rings (SSSR count). The molecular formula is C43H74NO9P. The van der Waals surface area contributed by atoms with Gasteiger partial charge in [0.1, 0.15) is 12.1 Å². The van der Waals surface area contributed by atoms with E-state index in [-0.39, 0.29) is 13.0 Å². The fourth-order valence-corrected chi connectivity index (χ4v) is 5.85. The van der Waals surface area contributed by atoms with E-state index in [0.29, 0.717) is 13.0 Å². The minimum Gasteiger partial charge on any atom is -0.480 e. The summed E-state index contributed by atoms with van der Waals surface area (Å²) in [6.45, 7) is 3.64. The summed E-state index contributed by atoms with van der Waals surface area (Å²) in [5.41, 5.74) is 5.34. The van der Waals surface area contributed by atoms with E-state index >= 15 is 0 Å². The third kappa shape index (κ3) is 37.7. The standard InChI is InChI=1S/C43H74NO9P/c1-3-5-7-9-11-13-15-16-17-18-19-20-21-22-23-24-25-26-28-30-32-34-36-50-37-40(38-51-54(48,49)52-39-41(44)43(46)47)53-42(45)35-33-31-29-27-14-12-10-8-6-4-2/h5,7,11,13,16-17,19-20,22-23,25-26,40-41H,3-4,6,8-10,12,14-15,18,21,24,27-39,44H2,1-2H3,(H,46,47)(H,48,49)/b7-5-,13-11-,17-16-,20-19-,23-22-,26-25-. The molecule has 0 amide bonds. The zero-order chi connectivity index (χ0) is 39.8. The lowest BCUT2D eigenvalue weighted by Gasteiger charge is -2.20. The average molecular weight is 780 g/mol. The van der Waals surface area contributed by atoms with Gasteiger partial charge in [-0.15, -0.1) is 0 Å². The molecule has 11 heteroatoms. The number of carbonyl (C=O) groups excluding carboxylic acids is 1. The lowest BCUT2D eigenvalue weighted by atomic mass is 10.1. The van der Waals surface area contributed by atoms with Crippen molar-refractivity contribution in [2.24, 2.45) is 5.73 Å². The van der Waals surface area contributed by atoms with Gasteiger partial charge in [-0.05, 0) is 64.2 Å². The molecule has 0 aromatic heterocycles. The molecule has 10 nitrogen and oxygen atoms in total. The Hall–Kier alpha value is -2.59. The second-order valence-corrected chi connectivity index (χ2v) is 14.8. The number of aliphatic carboxylic acids is 1. The van der Waals surface area contributed by atoms with Crippen molar-refractivity contribution in [3.63, 3.8) is 0 Å². The quantitative estimate of drug-likeness (QED) is 0.0239. The van der Waals surface area contributed by atoms with Crippen molar-refractivity contribution in [2.45, 2.75) is 161 Å². The van der Waals surface area contributed by atoms with Crippen LogP contribution in [0.4, 0.5) is 0 Å². The highest BCUT2D eigenvalue weighted by Gasteiger charge is 2.27. The van der Waals surface area contributed by atoms with Crippen LogP contribution in [0, 0.1) is 0 Å². The van der Waals surface area contributed by atoms with Gasteiger partial charge in [-0.1, -0.05) is 151 Å². The molecule has 0 saturated carbocycles. The minimum absolute atomic E-state index is 0.00837. The maximum Gasteiger partial charge on any atom is 0.472 e. The predicted octanol–water partition coefficient (Wildman–Crippen LogP) is 11.0. The Bertz CT molecular complexity index is 1130. The SMILES string of the molecule is CC/C=C\C/C=C\C/C=C\C/C=C\C/C=C\C/C=C\CCCCCOCC(COP(=O)(O)OCC(N)C(=O)O)OC(=O)CCCCCCCCCCCC. The van der Waals surface area contributed by atoms with Gasteiger partial charge in [-0.2, -0.15) is 0 Å². The van der Waals surface area contributed by atoms with Crippen LogP contribution in [0.5, 0.6) is 0 Å². The topological polar surface area (TPSA) is 155 Å².